The van der Waals surface area contributed by atoms with Crippen molar-refractivity contribution in [1.29, 1.82) is 0 Å². The summed E-state index contributed by atoms with van der Waals surface area (Å²) in [5, 5.41) is 5.71. The second kappa shape index (κ2) is 9.37. The summed E-state index contributed by atoms with van der Waals surface area (Å²) in [5.74, 6) is -0.973. The van der Waals surface area contributed by atoms with Gasteiger partial charge in [0.15, 0.2) is 6.10 Å². The molecule has 2 atom stereocenters. The summed E-state index contributed by atoms with van der Waals surface area (Å²) in [5.41, 5.74) is 3.63. The first-order valence-electron chi connectivity index (χ1n) is 9.86. The molecule has 3 rings (SSSR count). The summed E-state index contributed by atoms with van der Waals surface area (Å²) >= 11 is 0. The van der Waals surface area contributed by atoms with E-state index >= 15 is 0 Å². The number of esters is 1. The van der Waals surface area contributed by atoms with Gasteiger partial charge >= 0.3 is 5.97 Å². The van der Waals surface area contributed by atoms with Crippen molar-refractivity contribution in [1.82, 2.24) is 10.6 Å². The Kier molecular flexibility index (Phi) is 6.65. The van der Waals surface area contributed by atoms with E-state index in [1.165, 1.54) is 12.5 Å². The normalized spacial score (nSPS) is 16.3. The van der Waals surface area contributed by atoms with Crippen molar-refractivity contribution in [3.8, 4) is 0 Å². The monoisotopic (exact) mass is 394 g/mol. The fourth-order valence-corrected chi connectivity index (χ4v) is 3.46. The molecule has 0 bridgehead atoms. The maximum atomic E-state index is 12.6. The number of carbonyl (C=O) groups is 3. The van der Waals surface area contributed by atoms with Crippen LogP contribution in [-0.4, -0.2) is 23.9 Å². The number of hydrogen-bond acceptors (Lipinski definition) is 4. The van der Waals surface area contributed by atoms with E-state index in [0.717, 1.165) is 30.4 Å². The van der Waals surface area contributed by atoms with Crippen LogP contribution in [0, 0.1) is 0 Å². The first-order valence-corrected chi connectivity index (χ1v) is 9.86. The van der Waals surface area contributed by atoms with Gasteiger partial charge in [-0.25, -0.2) is 4.79 Å². The minimum absolute atomic E-state index is 0.0540. The zero-order valence-corrected chi connectivity index (χ0v) is 16.7. The molecule has 1 aliphatic rings. The van der Waals surface area contributed by atoms with E-state index in [-0.39, 0.29) is 17.9 Å². The third kappa shape index (κ3) is 5.44. The van der Waals surface area contributed by atoms with Crippen LogP contribution in [0.25, 0.3) is 0 Å². The molecule has 2 unspecified atom stereocenters. The lowest BCUT2D eigenvalue weighted by molar-refractivity contribution is -0.130. The molecule has 0 saturated heterocycles. The first kappa shape index (κ1) is 20.6. The van der Waals surface area contributed by atoms with Gasteiger partial charge in [0.1, 0.15) is 0 Å². The van der Waals surface area contributed by atoms with Gasteiger partial charge in [0.05, 0.1) is 11.6 Å². The quantitative estimate of drug-likeness (QED) is 0.738. The van der Waals surface area contributed by atoms with E-state index in [1.807, 2.05) is 18.2 Å². The van der Waals surface area contributed by atoms with Crippen molar-refractivity contribution in [3.63, 3.8) is 0 Å². The number of amides is 2. The summed E-state index contributed by atoms with van der Waals surface area (Å²) in [6.45, 7) is 3.42. The van der Waals surface area contributed by atoms with Gasteiger partial charge in [-0.1, -0.05) is 36.4 Å². The molecule has 0 fully saturated rings. The maximum absolute atomic E-state index is 12.6. The third-order valence-corrected chi connectivity index (χ3v) is 5.07. The molecular weight excluding hydrogens is 368 g/mol. The average molecular weight is 394 g/mol. The van der Waals surface area contributed by atoms with Gasteiger partial charge < -0.3 is 15.4 Å². The third-order valence-electron chi connectivity index (χ3n) is 5.07. The summed E-state index contributed by atoms with van der Waals surface area (Å²) in [7, 11) is 0. The van der Waals surface area contributed by atoms with Crippen LogP contribution in [0.3, 0.4) is 0 Å². The predicted molar refractivity (Wildman–Crippen MR) is 109 cm³/mol. The van der Waals surface area contributed by atoms with Crippen molar-refractivity contribution >= 4 is 17.8 Å². The highest BCUT2D eigenvalue weighted by molar-refractivity contribution is 5.92. The first-order chi connectivity index (χ1) is 13.9. The fourth-order valence-electron chi connectivity index (χ4n) is 3.46. The lowest BCUT2D eigenvalue weighted by Crippen LogP contribution is -2.39. The molecular formula is C23H26N2O4. The summed E-state index contributed by atoms with van der Waals surface area (Å²) in [6, 6.07) is 14.8. The zero-order valence-electron chi connectivity index (χ0n) is 16.7. The number of hydrogen-bond donors (Lipinski definition) is 2. The fraction of sp³-hybridized carbons (Fsp3) is 0.348. The Balaban J connectivity index is 1.56. The van der Waals surface area contributed by atoms with Crippen LogP contribution in [0.2, 0.25) is 0 Å². The van der Waals surface area contributed by atoms with E-state index < -0.39 is 12.1 Å². The molecule has 2 N–H and O–H groups in total. The van der Waals surface area contributed by atoms with Gasteiger partial charge in [-0.2, -0.15) is 0 Å². The zero-order chi connectivity index (χ0) is 20.8. The maximum Gasteiger partial charge on any atom is 0.338 e. The van der Waals surface area contributed by atoms with Crippen LogP contribution in [-0.2, 0) is 27.3 Å². The molecule has 0 aromatic heterocycles. The van der Waals surface area contributed by atoms with E-state index in [9.17, 15) is 14.4 Å². The molecule has 2 aromatic carbocycles. The highest BCUT2D eigenvalue weighted by atomic mass is 16.5. The van der Waals surface area contributed by atoms with E-state index in [4.69, 9.17) is 4.74 Å². The Hall–Kier alpha value is -3.15. The van der Waals surface area contributed by atoms with Crippen molar-refractivity contribution in [2.45, 2.75) is 51.8 Å². The van der Waals surface area contributed by atoms with Crippen molar-refractivity contribution in [2.75, 3.05) is 0 Å². The Morgan fingerprint density at radius 2 is 1.83 bits per heavy atom. The summed E-state index contributed by atoms with van der Waals surface area (Å²) < 4.78 is 5.35. The summed E-state index contributed by atoms with van der Waals surface area (Å²) in [6.07, 6.45) is 2.01. The molecule has 0 radical (unpaired) electrons. The Morgan fingerprint density at radius 3 is 2.55 bits per heavy atom. The van der Waals surface area contributed by atoms with Gasteiger partial charge in [-0.3, -0.25) is 9.59 Å². The smallest absolute Gasteiger partial charge is 0.338 e. The average Bonchev–Trinajstić information content (AvgIpc) is 2.72. The van der Waals surface area contributed by atoms with Crippen molar-refractivity contribution in [2.24, 2.45) is 0 Å². The van der Waals surface area contributed by atoms with Crippen molar-refractivity contribution in [3.05, 3.63) is 70.8 Å². The van der Waals surface area contributed by atoms with Crippen molar-refractivity contribution < 1.29 is 19.1 Å². The van der Waals surface area contributed by atoms with Gasteiger partial charge in [0, 0.05) is 13.5 Å². The van der Waals surface area contributed by atoms with Crippen LogP contribution in [0.5, 0.6) is 0 Å². The largest absolute Gasteiger partial charge is 0.449 e. The second-order valence-electron chi connectivity index (χ2n) is 7.31. The van der Waals surface area contributed by atoms with Gasteiger partial charge in [-0.15, -0.1) is 0 Å². The molecule has 2 aromatic rings. The van der Waals surface area contributed by atoms with E-state index in [2.05, 4.69) is 16.7 Å². The second-order valence-corrected chi connectivity index (χ2v) is 7.31. The number of carbonyl (C=O) groups excluding carboxylic acids is 3. The van der Waals surface area contributed by atoms with Crippen LogP contribution in [0.15, 0.2) is 48.5 Å². The lowest BCUT2D eigenvalue weighted by atomic mass is 9.87. The topological polar surface area (TPSA) is 84.5 Å². The number of benzene rings is 2. The highest BCUT2D eigenvalue weighted by Crippen LogP contribution is 2.29. The Labute approximate surface area is 170 Å². The minimum Gasteiger partial charge on any atom is -0.449 e. The van der Waals surface area contributed by atoms with Crippen LogP contribution < -0.4 is 10.6 Å². The Morgan fingerprint density at radius 1 is 1.10 bits per heavy atom. The number of rotatable bonds is 6. The SMILES string of the molecule is CC(=O)NCc1ccc(C(=O)OC(C)C(=O)NC2CCCc3ccccc32)cc1. The summed E-state index contributed by atoms with van der Waals surface area (Å²) in [4.78, 5) is 35.9. The minimum atomic E-state index is -0.893. The number of fused-ring (bicyclic) bond motifs is 1. The molecule has 1 aliphatic carbocycles. The van der Waals surface area contributed by atoms with E-state index in [1.54, 1.807) is 31.2 Å². The Bertz CT molecular complexity index is 892. The lowest BCUT2D eigenvalue weighted by Gasteiger charge is -2.27. The number of ether oxygens (including phenoxy) is 1. The molecule has 0 spiro atoms. The van der Waals surface area contributed by atoms with Gasteiger partial charge in [-0.05, 0) is 55.0 Å². The van der Waals surface area contributed by atoms with Crippen LogP contribution >= 0.6 is 0 Å². The molecule has 0 heterocycles. The molecule has 152 valence electrons. The molecule has 6 heteroatoms. The number of nitrogens with one attached hydrogen (secondary N) is 2. The van der Waals surface area contributed by atoms with Crippen LogP contribution in [0.4, 0.5) is 0 Å². The molecule has 6 nitrogen and oxygen atoms in total. The molecule has 2 amide bonds. The highest BCUT2D eigenvalue weighted by Gasteiger charge is 2.25. The number of aryl methyl sites for hydroxylation is 1. The molecule has 0 aliphatic heterocycles. The molecule has 0 saturated carbocycles. The molecule has 29 heavy (non-hydrogen) atoms. The van der Waals surface area contributed by atoms with Gasteiger partial charge in [0.2, 0.25) is 5.91 Å². The predicted octanol–water partition coefficient (Wildman–Crippen LogP) is 3.06. The van der Waals surface area contributed by atoms with Gasteiger partial charge in [0.25, 0.3) is 5.91 Å². The standard InChI is InChI=1S/C23H26N2O4/c1-15(22(27)25-21-9-5-7-18-6-3-4-8-20(18)21)29-23(28)19-12-10-17(11-13-19)14-24-16(2)26/h3-4,6,8,10-13,15,21H,5,7,9,14H2,1-2H3,(H,24,26)(H,25,27). The van der Waals surface area contributed by atoms with Crippen LogP contribution in [0.1, 0.15) is 59.8 Å². The van der Waals surface area contributed by atoms with E-state index in [0.29, 0.717) is 12.1 Å².